The Morgan fingerprint density at radius 3 is 2.88 bits per heavy atom. The molecule has 1 aromatic heterocycles. The van der Waals surface area contributed by atoms with E-state index in [4.69, 9.17) is 11.0 Å². The molecule has 0 fully saturated rings. The number of carbonyl (C=O) groups excluding carboxylic acids is 1. The normalized spacial score (nSPS) is 9.56. The number of pyridine rings is 1. The molecule has 16 heavy (non-hydrogen) atoms. The van der Waals surface area contributed by atoms with Gasteiger partial charge in [-0.2, -0.15) is 5.26 Å². The van der Waals surface area contributed by atoms with E-state index in [2.05, 4.69) is 11.1 Å². The highest BCUT2D eigenvalue weighted by molar-refractivity contribution is 8.00. The fourth-order valence-electron chi connectivity index (χ4n) is 1.16. The second-order valence-electron chi connectivity index (χ2n) is 3.27. The molecule has 1 heterocycles. The summed E-state index contributed by atoms with van der Waals surface area (Å²) in [4.78, 5) is 16.6. The van der Waals surface area contributed by atoms with Gasteiger partial charge in [0.05, 0.1) is 11.4 Å². The summed E-state index contributed by atoms with van der Waals surface area (Å²) in [5.74, 6) is -0.301. The molecule has 0 spiro atoms. The van der Waals surface area contributed by atoms with Crippen molar-refractivity contribution < 1.29 is 4.79 Å². The van der Waals surface area contributed by atoms with Gasteiger partial charge in [-0.15, -0.1) is 0 Å². The molecule has 0 saturated carbocycles. The van der Waals surface area contributed by atoms with Crippen LogP contribution in [-0.4, -0.2) is 30.7 Å². The molecule has 6 heteroatoms. The average Bonchev–Trinajstić information content (AvgIpc) is 2.25. The minimum atomic E-state index is -0.425. The first-order valence-electron chi connectivity index (χ1n) is 4.53. The highest BCUT2D eigenvalue weighted by atomic mass is 32.2. The van der Waals surface area contributed by atoms with Gasteiger partial charge >= 0.3 is 0 Å². The summed E-state index contributed by atoms with van der Waals surface area (Å²) < 4.78 is 0. The van der Waals surface area contributed by atoms with Crippen LogP contribution in [0.5, 0.6) is 0 Å². The van der Waals surface area contributed by atoms with Crippen LogP contribution in [0.1, 0.15) is 5.56 Å². The number of primary amides is 1. The standard InChI is InChI=1S/C10H12N4OS/c1-14(2)8-3-4-13-10(7(8)5-11)16-6-9(12)15/h3-4H,6H2,1-2H3,(H2,12,15). The molecule has 0 aliphatic carbocycles. The lowest BCUT2D eigenvalue weighted by atomic mass is 10.2. The van der Waals surface area contributed by atoms with Crippen molar-refractivity contribution in [3.63, 3.8) is 0 Å². The van der Waals surface area contributed by atoms with Crippen LogP contribution >= 0.6 is 11.8 Å². The van der Waals surface area contributed by atoms with Gasteiger partial charge in [0.1, 0.15) is 16.7 Å². The van der Waals surface area contributed by atoms with Gasteiger partial charge < -0.3 is 10.6 Å². The third kappa shape index (κ3) is 2.87. The molecule has 0 aromatic carbocycles. The number of nitrogens with two attached hydrogens (primary N) is 1. The summed E-state index contributed by atoms with van der Waals surface area (Å²) in [6, 6.07) is 3.85. The zero-order valence-corrected chi connectivity index (χ0v) is 9.91. The second kappa shape index (κ2) is 5.37. The molecule has 1 rings (SSSR count). The van der Waals surface area contributed by atoms with E-state index < -0.39 is 5.91 Å². The van der Waals surface area contributed by atoms with E-state index in [-0.39, 0.29) is 5.75 Å². The van der Waals surface area contributed by atoms with Gasteiger partial charge in [0.15, 0.2) is 0 Å². The second-order valence-corrected chi connectivity index (χ2v) is 4.24. The number of carbonyl (C=O) groups is 1. The Hall–Kier alpha value is -1.74. The van der Waals surface area contributed by atoms with E-state index in [0.717, 1.165) is 5.69 Å². The maximum absolute atomic E-state index is 10.7. The largest absolute Gasteiger partial charge is 0.376 e. The van der Waals surface area contributed by atoms with Crippen LogP contribution in [0.2, 0.25) is 0 Å². The monoisotopic (exact) mass is 236 g/mol. The van der Waals surface area contributed by atoms with Crippen LogP contribution < -0.4 is 10.6 Å². The summed E-state index contributed by atoms with van der Waals surface area (Å²) in [6.07, 6.45) is 1.61. The summed E-state index contributed by atoms with van der Waals surface area (Å²) in [5, 5.41) is 9.60. The first-order chi connectivity index (χ1) is 7.56. The van der Waals surface area contributed by atoms with E-state index in [0.29, 0.717) is 10.6 Å². The Labute approximate surface area is 98.3 Å². The number of anilines is 1. The Bertz CT molecular complexity index is 439. The Morgan fingerprint density at radius 2 is 2.38 bits per heavy atom. The van der Waals surface area contributed by atoms with Crippen LogP contribution in [0.3, 0.4) is 0 Å². The smallest absolute Gasteiger partial charge is 0.227 e. The summed E-state index contributed by atoms with van der Waals surface area (Å²) >= 11 is 1.18. The number of nitriles is 1. The van der Waals surface area contributed by atoms with Gasteiger partial charge in [0.25, 0.3) is 0 Å². The van der Waals surface area contributed by atoms with Crippen molar-refractivity contribution in [3.05, 3.63) is 17.8 Å². The molecule has 0 unspecified atom stereocenters. The summed E-state index contributed by atoms with van der Waals surface area (Å²) in [7, 11) is 3.69. The zero-order valence-electron chi connectivity index (χ0n) is 9.10. The van der Waals surface area contributed by atoms with Crippen molar-refractivity contribution in [2.75, 3.05) is 24.7 Å². The average molecular weight is 236 g/mol. The third-order valence-electron chi connectivity index (χ3n) is 1.84. The minimum absolute atomic E-state index is 0.124. The first-order valence-corrected chi connectivity index (χ1v) is 5.52. The molecule has 0 saturated heterocycles. The molecule has 1 amide bonds. The molecule has 84 valence electrons. The zero-order chi connectivity index (χ0) is 12.1. The van der Waals surface area contributed by atoms with Crippen LogP contribution in [0.25, 0.3) is 0 Å². The van der Waals surface area contributed by atoms with Gasteiger partial charge in [0, 0.05) is 20.3 Å². The molecular weight excluding hydrogens is 224 g/mol. The third-order valence-corrected chi connectivity index (χ3v) is 2.85. The maximum Gasteiger partial charge on any atom is 0.227 e. The van der Waals surface area contributed by atoms with Gasteiger partial charge in [-0.25, -0.2) is 4.98 Å². The predicted molar refractivity (Wildman–Crippen MR) is 63.2 cm³/mol. The van der Waals surface area contributed by atoms with E-state index >= 15 is 0 Å². The van der Waals surface area contributed by atoms with Gasteiger partial charge in [0.2, 0.25) is 5.91 Å². The highest BCUT2D eigenvalue weighted by Crippen LogP contribution is 2.26. The SMILES string of the molecule is CN(C)c1ccnc(SCC(N)=O)c1C#N. The molecule has 0 radical (unpaired) electrons. The molecule has 5 nitrogen and oxygen atoms in total. The molecule has 0 aliphatic heterocycles. The topological polar surface area (TPSA) is 83.0 Å². The van der Waals surface area contributed by atoms with Crippen LogP contribution in [0.4, 0.5) is 5.69 Å². The van der Waals surface area contributed by atoms with Gasteiger partial charge in [-0.1, -0.05) is 11.8 Å². The van der Waals surface area contributed by atoms with Crippen molar-refractivity contribution >= 4 is 23.4 Å². The number of thioether (sulfide) groups is 1. The van der Waals surface area contributed by atoms with Crippen molar-refractivity contribution in [2.24, 2.45) is 5.73 Å². The maximum atomic E-state index is 10.7. The van der Waals surface area contributed by atoms with Gasteiger partial charge in [-0.3, -0.25) is 4.79 Å². The lowest BCUT2D eigenvalue weighted by molar-refractivity contribution is -0.115. The van der Waals surface area contributed by atoms with E-state index in [1.54, 1.807) is 12.3 Å². The molecule has 0 bridgehead atoms. The van der Waals surface area contributed by atoms with Crippen LogP contribution in [-0.2, 0) is 4.79 Å². The van der Waals surface area contributed by atoms with Crippen molar-refractivity contribution in [2.45, 2.75) is 5.03 Å². The minimum Gasteiger partial charge on any atom is -0.376 e. The first kappa shape index (κ1) is 12.3. The molecule has 0 atom stereocenters. The van der Waals surface area contributed by atoms with Crippen LogP contribution in [0.15, 0.2) is 17.3 Å². The number of rotatable bonds is 4. The molecule has 1 aromatic rings. The number of nitrogens with zero attached hydrogens (tertiary/aromatic N) is 3. The van der Waals surface area contributed by atoms with E-state index in [1.165, 1.54) is 11.8 Å². The molecule has 0 aliphatic rings. The summed E-state index contributed by atoms with van der Waals surface area (Å²) in [5.41, 5.74) is 6.30. The predicted octanol–water partition coefficient (Wildman–Crippen LogP) is 0.597. The molecular formula is C10H12N4OS. The fourth-order valence-corrected chi connectivity index (χ4v) is 1.87. The van der Waals surface area contributed by atoms with Crippen molar-refractivity contribution in [1.29, 1.82) is 5.26 Å². The number of hydrogen-bond donors (Lipinski definition) is 1. The number of aromatic nitrogens is 1. The number of amides is 1. The Morgan fingerprint density at radius 1 is 1.69 bits per heavy atom. The van der Waals surface area contributed by atoms with Crippen molar-refractivity contribution in [3.8, 4) is 6.07 Å². The Kier molecular flexibility index (Phi) is 4.14. The highest BCUT2D eigenvalue weighted by Gasteiger charge is 2.12. The fraction of sp³-hybridized carbons (Fsp3) is 0.300. The summed E-state index contributed by atoms with van der Waals surface area (Å²) in [6.45, 7) is 0. The van der Waals surface area contributed by atoms with E-state index in [9.17, 15) is 4.79 Å². The quantitative estimate of drug-likeness (QED) is 0.774. The molecule has 2 N–H and O–H groups in total. The number of hydrogen-bond acceptors (Lipinski definition) is 5. The van der Waals surface area contributed by atoms with Gasteiger partial charge in [-0.05, 0) is 6.07 Å². The Balaban J connectivity index is 3.05. The lowest BCUT2D eigenvalue weighted by Crippen LogP contribution is -2.14. The van der Waals surface area contributed by atoms with Crippen molar-refractivity contribution in [1.82, 2.24) is 4.98 Å². The lowest BCUT2D eigenvalue weighted by Gasteiger charge is -2.15. The van der Waals surface area contributed by atoms with Crippen LogP contribution in [0, 0.1) is 11.3 Å². The van der Waals surface area contributed by atoms with E-state index in [1.807, 2.05) is 19.0 Å².